The minimum atomic E-state index is -3.50. The van der Waals surface area contributed by atoms with Gasteiger partial charge in [-0.3, -0.25) is 0 Å². The molecule has 0 aliphatic rings. The Labute approximate surface area is 126 Å². The molecule has 1 aromatic heterocycles. The van der Waals surface area contributed by atoms with E-state index in [4.69, 9.17) is 0 Å². The fourth-order valence-electron chi connectivity index (χ4n) is 2.01. The highest BCUT2D eigenvalue weighted by molar-refractivity contribution is 7.89. The molecule has 114 valence electrons. The summed E-state index contributed by atoms with van der Waals surface area (Å²) in [5, 5.41) is 3.05. The second-order valence-corrected chi connectivity index (χ2v) is 8.83. The van der Waals surface area contributed by atoms with E-state index >= 15 is 0 Å². The van der Waals surface area contributed by atoms with Crippen molar-refractivity contribution in [2.45, 2.75) is 44.7 Å². The zero-order chi connectivity index (χ0) is 15.6. The summed E-state index contributed by atoms with van der Waals surface area (Å²) in [7, 11) is -1.65. The number of nitrogens with zero attached hydrogens (tertiary/aromatic N) is 1. The van der Waals surface area contributed by atoms with Gasteiger partial charge in [-0.05, 0) is 40.8 Å². The summed E-state index contributed by atoms with van der Waals surface area (Å²) in [6.45, 7) is 12.2. The molecular weight excluding hydrogens is 292 g/mol. The van der Waals surface area contributed by atoms with Crippen LogP contribution in [0.4, 0.5) is 0 Å². The second kappa shape index (κ2) is 6.39. The van der Waals surface area contributed by atoms with Gasteiger partial charge in [0.15, 0.2) is 0 Å². The lowest BCUT2D eigenvalue weighted by Crippen LogP contribution is -2.45. The van der Waals surface area contributed by atoms with E-state index in [-0.39, 0.29) is 0 Å². The molecular formula is C14H24N2O2S2. The second-order valence-electron chi connectivity index (χ2n) is 5.66. The van der Waals surface area contributed by atoms with Crippen molar-refractivity contribution in [1.29, 1.82) is 0 Å². The molecule has 0 saturated heterocycles. The van der Waals surface area contributed by atoms with E-state index in [2.05, 4.69) is 11.9 Å². The molecule has 0 saturated carbocycles. The Morgan fingerprint density at radius 3 is 2.50 bits per heavy atom. The minimum absolute atomic E-state index is 0.308. The van der Waals surface area contributed by atoms with Crippen LogP contribution in [-0.2, 0) is 16.6 Å². The van der Waals surface area contributed by atoms with Crippen LogP contribution in [-0.4, -0.2) is 31.9 Å². The van der Waals surface area contributed by atoms with Crippen molar-refractivity contribution in [3.05, 3.63) is 28.5 Å². The zero-order valence-corrected chi connectivity index (χ0v) is 14.5. The molecule has 0 aliphatic carbocycles. The summed E-state index contributed by atoms with van der Waals surface area (Å²) < 4.78 is 27.2. The molecule has 0 atom stereocenters. The maximum atomic E-state index is 12.9. The quantitative estimate of drug-likeness (QED) is 0.821. The van der Waals surface area contributed by atoms with Crippen LogP contribution in [0.1, 0.15) is 30.5 Å². The normalized spacial score (nSPS) is 12.9. The third-order valence-corrected chi connectivity index (χ3v) is 6.32. The molecule has 0 fully saturated rings. The Morgan fingerprint density at radius 1 is 1.45 bits per heavy atom. The lowest BCUT2D eigenvalue weighted by atomic mass is 10.1. The predicted octanol–water partition coefficient (Wildman–Crippen LogP) is 2.75. The summed E-state index contributed by atoms with van der Waals surface area (Å²) >= 11 is 1.52. The first kappa shape index (κ1) is 17.4. The van der Waals surface area contributed by atoms with Crippen LogP contribution in [0.2, 0.25) is 0 Å². The number of sulfonamides is 1. The molecule has 0 amide bonds. The average Bonchev–Trinajstić information content (AvgIpc) is 2.66. The molecule has 0 radical (unpaired) electrons. The monoisotopic (exact) mass is 316 g/mol. The molecule has 1 rings (SSSR count). The molecule has 1 heterocycles. The number of hydrogen-bond donors (Lipinski definition) is 1. The van der Waals surface area contributed by atoms with E-state index in [1.807, 2.05) is 34.7 Å². The van der Waals surface area contributed by atoms with Gasteiger partial charge in [-0.2, -0.15) is 4.31 Å². The number of rotatable bonds is 6. The highest BCUT2D eigenvalue weighted by Crippen LogP contribution is 2.31. The molecule has 0 aromatic carbocycles. The summed E-state index contributed by atoms with van der Waals surface area (Å²) in [5.74, 6) is 0. The van der Waals surface area contributed by atoms with Crippen LogP contribution in [0.15, 0.2) is 23.6 Å². The van der Waals surface area contributed by atoms with E-state index in [9.17, 15) is 8.42 Å². The van der Waals surface area contributed by atoms with Gasteiger partial charge in [-0.25, -0.2) is 8.42 Å². The van der Waals surface area contributed by atoms with Crippen molar-refractivity contribution in [3.8, 4) is 0 Å². The largest absolute Gasteiger partial charge is 0.315 e. The zero-order valence-electron chi connectivity index (χ0n) is 12.9. The predicted molar refractivity (Wildman–Crippen MR) is 85.7 cm³/mol. The fraction of sp³-hybridized carbons (Fsp3) is 0.571. The van der Waals surface area contributed by atoms with E-state index in [1.165, 1.54) is 15.6 Å². The highest BCUT2D eigenvalue weighted by atomic mass is 32.2. The molecule has 0 unspecified atom stereocenters. The van der Waals surface area contributed by atoms with Gasteiger partial charge in [0.25, 0.3) is 0 Å². The van der Waals surface area contributed by atoms with E-state index < -0.39 is 15.6 Å². The van der Waals surface area contributed by atoms with Crippen molar-refractivity contribution in [2.24, 2.45) is 0 Å². The van der Waals surface area contributed by atoms with Crippen LogP contribution in [0.25, 0.3) is 0 Å². The minimum Gasteiger partial charge on any atom is -0.315 e. The summed E-state index contributed by atoms with van der Waals surface area (Å²) in [4.78, 5) is 2.26. The molecule has 20 heavy (non-hydrogen) atoms. The van der Waals surface area contributed by atoms with Crippen LogP contribution in [0, 0.1) is 6.92 Å². The first-order valence-corrected chi connectivity index (χ1v) is 8.78. The first-order chi connectivity index (χ1) is 9.14. The Morgan fingerprint density at radius 2 is 2.05 bits per heavy atom. The first-order valence-electron chi connectivity index (χ1n) is 6.52. The van der Waals surface area contributed by atoms with Gasteiger partial charge in [0.05, 0.1) is 4.90 Å². The SMILES string of the molecule is C=CCN(C(C)(C)C)S(=O)(=O)c1cc(CNC)sc1C. The third kappa shape index (κ3) is 3.69. The molecule has 1 aromatic rings. The van der Waals surface area contributed by atoms with Crippen molar-refractivity contribution < 1.29 is 8.42 Å². The molecule has 0 aliphatic heterocycles. The van der Waals surface area contributed by atoms with Crippen molar-refractivity contribution in [2.75, 3.05) is 13.6 Å². The van der Waals surface area contributed by atoms with Crippen LogP contribution < -0.4 is 5.32 Å². The van der Waals surface area contributed by atoms with Crippen molar-refractivity contribution in [1.82, 2.24) is 9.62 Å². The molecule has 1 N–H and O–H groups in total. The maximum Gasteiger partial charge on any atom is 0.244 e. The molecule has 6 heteroatoms. The van der Waals surface area contributed by atoms with E-state index in [0.717, 1.165) is 9.75 Å². The number of hydrogen-bond acceptors (Lipinski definition) is 4. The van der Waals surface area contributed by atoms with Crippen LogP contribution in [0.5, 0.6) is 0 Å². The van der Waals surface area contributed by atoms with Gasteiger partial charge < -0.3 is 5.32 Å². The van der Waals surface area contributed by atoms with Gasteiger partial charge in [-0.15, -0.1) is 17.9 Å². The van der Waals surface area contributed by atoms with Gasteiger partial charge in [0, 0.05) is 28.4 Å². The Bertz CT molecular complexity index is 568. The topological polar surface area (TPSA) is 49.4 Å². The van der Waals surface area contributed by atoms with Crippen LogP contribution >= 0.6 is 11.3 Å². The molecule has 0 spiro atoms. The van der Waals surface area contributed by atoms with Gasteiger partial charge >= 0.3 is 0 Å². The lowest BCUT2D eigenvalue weighted by molar-refractivity contribution is 0.270. The number of thiophene rings is 1. The molecule has 4 nitrogen and oxygen atoms in total. The third-order valence-electron chi connectivity index (χ3n) is 2.89. The standard InChI is InChI=1S/C14H24N2O2S2/c1-7-8-16(14(3,4)5)20(17,18)13-9-12(10-15-6)19-11(13)2/h7,9,15H,1,8,10H2,2-6H3. The summed E-state index contributed by atoms with van der Waals surface area (Å²) in [6, 6.07) is 1.77. The van der Waals surface area contributed by atoms with Gasteiger partial charge in [-0.1, -0.05) is 6.08 Å². The van der Waals surface area contributed by atoms with Crippen molar-refractivity contribution >= 4 is 21.4 Å². The van der Waals surface area contributed by atoms with Gasteiger partial charge in [0.1, 0.15) is 0 Å². The Kier molecular flexibility index (Phi) is 5.54. The highest BCUT2D eigenvalue weighted by Gasteiger charge is 2.34. The smallest absolute Gasteiger partial charge is 0.244 e. The average molecular weight is 316 g/mol. The number of nitrogens with one attached hydrogen (secondary N) is 1. The number of aryl methyl sites for hydroxylation is 1. The van der Waals surface area contributed by atoms with E-state index in [0.29, 0.717) is 18.0 Å². The van der Waals surface area contributed by atoms with E-state index in [1.54, 1.807) is 12.1 Å². The Hall–Kier alpha value is -0.690. The lowest BCUT2D eigenvalue weighted by Gasteiger charge is -2.33. The van der Waals surface area contributed by atoms with Gasteiger partial charge in [0.2, 0.25) is 10.0 Å². The van der Waals surface area contributed by atoms with Crippen LogP contribution in [0.3, 0.4) is 0 Å². The fourth-order valence-corrected chi connectivity index (χ4v) is 5.39. The maximum absolute atomic E-state index is 12.9. The Balaban J connectivity index is 3.29. The molecule has 0 bridgehead atoms. The summed E-state index contributed by atoms with van der Waals surface area (Å²) in [5.41, 5.74) is -0.482. The van der Waals surface area contributed by atoms with Crippen molar-refractivity contribution in [3.63, 3.8) is 0 Å². The summed E-state index contributed by atoms with van der Waals surface area (Å²) in [6.07, 6.45) is 1.62.